The van der Waals surface area contributed by atoms with E-state index in [4.69, 9.17) is 16.5 Å². The number of anilines is 3. The van der Waals surface area contributed by atoms with Crippen LogP contribution in [0.25, 0.3) is 16.6 Å². The first kappa shape index (κ1) is 22.4. The molecule has 4 aromatic rings. The van der Waals surface area contributed by atoms with Crippen molar-refractivity contribution < 1.29 is 4.79 Å². The molecule has 5 N–H and O–H groups in total. The van der Waals surface area contributed by atoms with Crippen molar-refractivity contribution in [1.82, 2.24) is 19.5 Å². The van der Waals surface area contributed by atoms with Gasteiger partial charge in [0.25, 0.3) is 5.56 Å². The second-order valence-corrected chi connectivity index (χ2v) is 7.63. The van der Waals surface area contributed by atoms with Crippen molar-refractivity contribution in [2.45, 2.75) is 25.8 Å². The highest BCUT2D eigenvalue weighted by Gasteiger charge is 2.21. The predicted octanol–water partition coefficient (Wildman–Crippen LogP) is 2.52. The third-order valence-electron chi connectivity index (χ3n) is 5.36. The van der Waals surface area contributed by atoms with Crippen LogP contribution in [0.2, 0.25) is 0 Å². The summed E-state index contributed by atoms with van der Waals surface area (Å²) in [6.45, 7) is 1.79. The number of nitriles is 1. The van der Waals surface area contributed by atoms with Crippen molar-refractivity contribution in [2.24, 2.45) is 0 Å². The minimum absolute atomic E-state index is 0.0450. The first-order valence-corrected chi connectivity index (χ1v) is 10.6. The molecule has 0 aliphatic heterocycles. The lowest BCUT2D eigenvalue weighted by Crippen LogP contribution is -2.28. The van der Waals surface area contributed by atoms with Gasteiger partial charge >= 0.3 is 0 Å². The molecular formula is C24H22N8O2. The summed E-state index contributed by atoms with van der Waals surface area (Å²) in [5, 5.41) is 13.1. The highest BCUT2D eigenvalue weighted by molar-refractivity contribution is 5.82. The molecule has 2 aromatic carbocycles. The molecule has 0 amide bonds. The molecule has 0 aliphatic rings. The van der Waals surface area contributed by atoms with Crippen LogP contribution < -0.4 is 22.3 Å². The smallest absolute Gasteiger partial charge is 0.266 e. The van der Waals surface area contributed by atoms with Crippen LogP contribution in [0, 0.1) is 11.3 Å². The average Bonchev–Trinajstić information content (AvgIpc) is 2.82. The molecule has 0 unspecified atom stereocenters. The number of benzene rings is 2. The Kier molecular flexibility index (Phi) is 6.18. The van der Waals surface area contributed by atoms with E-state index in [0.717, 1.165) is 11.8 Å². The number of carbonyl (C=O) groups is 1. The molecule has 0 aliphatic carbocycles. The van der Waals surface area contributed by atoms with E-state index >= 15 is 0 Å². The maximum Gasteiger partial charge on any atom is 0.266 e. The molecule has 34 heavy (non-hydrogen) atoms. The minimum Gasteiger partial charge on any atom is -0.382 e. The van der Waals surface area contributed by atoms with Crippen molar-refractivity contribution in [2.75, 3.05) is 16.8 Å². The lowest BCUT2D eigenvalue weighted by Gasteiger charge is -2.21. The Morgan fingerprint density at radius 3 is 2.59 bits per heavy atom. The van der Waals surface area contributed by atoms with Crippen molar-refractivity contribution >= 4 is 34.8 Å². The number of rotatable bonds is 7. The van der Waals surface area contributed by atoms with Gasteiger partial charge in [-0.15, -0.1) is 0 Å². The maximum atomic E-state index is 13.8. The number of nitrogens with one attached hydrogen (secondary N) is 1. The van der Waals surface area contributed by atoms with E-state index < -0.39 is 6.04 Å². The van der Waals surface area contributed by atoms with E-state index in [1.807, 2.05) is 36.4 Å². The van der Waals surface area contributed by atoms with E-state index in [-0.39, 0.29) is 28.7 Å². The number of para-hydroxylation sites is 1. The molecule has 0 saturated carbocycles. The van der Waals surface area contributed by atoms with E-state index in [1.165, 1.54) is 4.57 Å². The van der Waals surface area contributed by atoms with E-state index in [1.54, 1.807) is 25.1 Å². The lowest BCUT2D eigenvalue weighted by molar-refractivity contribution is -0.107. The number of aldehydes is 1. The minimum atomic E-state index is -0.572. The fraction of sp³-hybridized carbons (Fsp3) is 0.167. The zero-order valence-corrected chi connectivity index (χ0v) is 18.4. The van der Waals surface area contributed by atoms with Crippen molar-refractivity contribution in [1.29, 1.82) is 5.26 Å². The van der Waals surface area contributed by atoms with Gasteiger partial charge in [0, 0.05) is 6.42 Å². The number of hydrogen-bond donors (Lipinski definition) is 3. The Balaban J connectivity index is 1.93. The van der Waals surface area contributed by atoms with Crippen LogP contribution in [-0.2, 0) is 11.2 Å². The summed E-state index contributed by atoms with van der Waals surface area (Å²) in [4.78, 5) is 37.5. The summed E-state index contributed by atoms with van der Waals surface area (Å²) in [6.07, 6.45) is 1.57. The zero-order valence-electron chi connectivity index (χ0n) is 18.4. The van der Waals surface area contributed by atoms with Gasteiger partial charge in [-0.25, -0.2) is 4.98 Å². The Morgan fingerprint density at radius 1 is 1.12 bits per heavy atom. The molecule has 0 spiro atoms. The van der Waals surface area contributed by atoms with Crippen LogP contribution in [-0.4, -0.2) is 25.8 Å². The summed E-state index contributed by atoms with van der Waals surface area (Å²) in [6, 6.07) is 15.9. The van der Waals surface area contributed by atoms with E-state index in [2.05, 4.69) is 15.3 Å². The van der Waals surface area contributed by atoms with Crippen LogP contribution >= 0.6 is 0 Å². The number of nitrogen functional groups attached to an aromatic ring is 2. The van der Waals surface area contributed by atoms with Gasteiger partial charge in [-0.05, 0) is 37.1 Å². The highest BCUT2D eigenvalue weighted by atomic mass is 16.1. The molecule has 0 radical (unpaired) electrons. The number of aromatic nitrogens is 4. The SMILES string of the molecule is C[C@H](Nc1nc(N)nc(N)c1C#N)c1nc2cccc(CCC=O)c2c(=O)n1-c1ccccc1. The van der Waals surface area contributed by atoms with Crippen LogP contribution in [0.15, 0.2) is 53.3 Å². The Bertz CT molecular complexity index is 1470. The number of nitrogens with two attached hydrogens (primary N) is 2. The van der Waals surface area contributed by atoms with Crippen LogP contribution in [0.4, 0.5) is 17.6 Å². The molecular weight excluding hydrogens is 432 g/mol. The molecule has 0 saturated heterocycles. The summed E-state index contributed by atoms with van der Waals surface area (Å²) in [7, 11) is 0. The quantitative estimate of drug-likeness (QED) is 0.356. The molecule has 0 fully saturated rings. The van der Waals surface area contributed by atoms with Gasteiger partial charge in [-0.2, -0.15) is 15.2 Å². The van der Waals surface area contributed by atoms with Crippen LogP contribution in [0.3, 0.4) is 0 Å². The highest BCUT2D eigenvalue weighted by Crippen LogP contribution is 2.26. The van der Waals surface area contributed by atoms with Crippen LogP contribution in [0.1, 0.15) is 36.3 Å². The standard InChI is InChI=1S/C24H22N8O2/c1-14(28-21-17(13-25)20(26)30-24(27)31-21)22-29-18-11-5-7-15(8-6-12-33)19(18)23(34)32(22)16-9-3-2-4-10-16/h2-5,7,9-12,14H,6,8H2,1H3,(H5,26,27,28,30,31)/t14-/m0/s1. The number of fused-ring (bicyclic) bond motifs is 1. The summed E-state index contributed by atoms with van der Waals surface area (Å²) < 4.78 is 1.52. The first-order chi connectivity index (χ1) is 16.4. The number of hydrogen-bond acceptors (Lipinski definition) is 9. The predicted molar refractivity (Wildman–Crippen MR) is 129 cm³/mol. The molecule has 170 valence electrons. The van der Waals surface area contributed by atoms with Crippen molar-refractivity contribution in [3.05, 3.63) is 75.8 Å². The average molecular weight is 454 g/mol. The Labute approximate surface area is 194 Å². The molecule has 4 rings (SSSR count). The van der Waals surface area contributed by atoms with Gasteiger partial charge in [0.15, 0.2) is 5.82 Å². The molecule has 2 aromatic heterocycles. The Morgan fingerprint density at radius 2 is 1.88 bits per heavy atom. The zero-order chi connectivity index (χ0) is 24.2. The molecule has 10 heteroatoms. The lowest BCUT2D eigenvalue weighted by atomic mass is 10.0. The van der Waals surface area contributed by atoms with E-state index in [9.17, 15) is 14.9 Å². The number of nitrogens with zero attached hydrogens (tertiary/aromatic N) is 5. The summed E-state index contributed by atoms with van der Waals surface area (Å²) in [5.41, 5.74) is 13.2. The van der Waals surface area contributed by atoms with Crippen molar-refractivity contribution in [3.63, 3.8) is 0 Å². The third kappa shape index (κ3) is 4.14. The number of aryl methyl sites for hydroxylation is 1. The van der Waals surface area contributed by atoms with Gasteiger partial charge in [0.1, 0.15) is 29.6 Å². The second-order valence-electron chi connectivity index (χ2n) is 7.63. The third-order valence-corrected chi connectivity index (χ3v) is 5.36. The fourth-order valence-electron chi connectivity index (χ4n) is 3.84. The maximum absolute atomic E-state index is 13.8. The van der Waals surface area contributed by atoms with Gasteiger partial charge in [-0.3, -0.25) is 9.36 Å². The van der Waals surface area contributed by atoms with Gasteiger partial charge in [0.05, 0.1) is 22.6 Å². The summed E-state index contributed by atoms with van der Waals surface area (Å²) in [5.74, 6) is 0.416. The first-order valence-electron chi connectivity index (χ1n) is 10.6. The fourth-order valence-corrected chi connectivity index (χ4v) is 3.84. The van der Waals surface area contributed by atoms with Gasteiger partial charge in [-0.1, -0.05) is 30.3 Å². The van der Waals surface area contributed by atoms with Gasteiger partial charge < -0.3 is 21.6 Å². The molecule has 1 atom stereocenters. The second kappa shape index (κ2) is 9.38. The van der Waals surface area contributed by atoms with Crippen LogP contribution in [0.5, 0.6) is 0 Å². The van der Waals surface area contributed by atoms with Crippen molar-refractivity contribution in [3.8, 4) is 11.8 Å². The molecule has 2 heterocycles. The topological polar surface area (TPSA) is 166 Å². The normalized spacial score (nSPS) is 11.6. The molecule has 10 nitrogen and oxygen atoms in total. The van der Waals surface area contributed by atoms with E-state index in [0.29, 0.717) is 35.3 Å². The van der Waals surface area contributed by atoms with Gasteiger partial charge in [0.2, 0.25) is 5.95 Å². The molecule has 0 bridgehead atoms. The summed E-state index contributed by atoms with van der Waals surface area (Å²) >= 11 is 0. The largest absolute Gasteiger partial charge is 0.382 e. The monoisotopic (exact) mass is 454 g/mol. The Hall–Kier alpha value is -4.78. The number of carbonyl (C=O) groups excluding carboxylic acids is 1.